The highest BCUT2D eigenvalue weighted by Gasteiger charge is 2.25. The van der Waals surface area contributed by atoms with Crippen molar-refractivity contribution < 1.29 is 9.84 Å². The van der Waals surface area contributed by atoms with Crippen LogP contribution in [0.1, 0.15) is 19.3 Å². The SMILES string of the molecule is OCC1CNCCCN1CC1CCCO1. The molecule has 0 aromatic rings. The number of nitrogens with one attached hydrogen (secondary N) is 1. The van der Waals surface area contributed by atoms with Crippen LogP contribution in [0.15, 0.2) is 0 Å². The van der Waals surface area contributed by atoms with E-state index in [-0.39, 0.29) is 12.6 Å². The molecule has 2 aliphatic rings. The first-order valence-corrected chi connectivity index (χ1v) is 6.07. The molecule has 0 aliphatic carbocycles. The number of rotatable bonds is 3. The molecule has 2 unspecified atom stereocenters. The molecule has 88 valence electrons. The maximum atomic E-state index is 9.34. The van der Waals surface area contributed by atoms with E-state index in [0.29, 0.717) is 6.10 Å². The molecule has 2 N–H and O–H groups in total. The quantitative estimate of drug-likeness (QED) is 0.684. The van der Waals surface area contributed by atoms with Gasteiger partial charge in [0.2, 0.25) is 0 Å². The summed E-state index contributed by atoms with van der Waals surface area (Å²) < 4.78 is 5.65. The van der Waals surface area contributed by atoms with E-state index in [9.17, 15) is 5.11 Å². The molecule has 0 radical (unpaired) electrons. The average molecular weight is 214 g/mol. The first kappa shape index (κ1) is 11.3. The molecule has 0 amide bonds. The molecule has 15 heavy (non-hydrogen) atoms. The van der Waals surface area contributed by atoms with Gasteiger partial charge in [0.15, 0.2) is 0 Å². The molecule has 0 aromatic heterocycles. The Morgan fingerprint density at radius 3 is 3.07 bits per heavy atom. The van der Waals surface area contributed by atoms with Crippen molar-refractivity contribution in [3.63, 3.8) is 0 Å². The van der Waals surface area contributed by atoms with Crippen LogP contribution < -0.4 is 5.32 Å². The minimum absolute atomic E-state index is 0.250. The van der Waals surface area contributed by atoms with Gasteiger partial charge in [-0.25, -0.2) is 0 Å². The van der Waals surface area contributed by atoms with Gasteiger partial charge in [-0.2, -0.15) is 0 Å². The van der Waals surface area contributed by atoms with E-state index >= 15 is 0 Å². The Labute approximate surface area is 91.6 Å². The molecule has 2 atom stereocenters. The maximum Gasteiger partial charge on any atom is 0.0702 e. The lowest BCUT2D eigenvalue weighted by Crippen LogP contribution is -2.45. The van der Waals surface area contributed by atoms with E-state index in [1.54, 1.807) is 0 Å². The van der Waals surface area contributed by atoms with Gasteiger partial charge in [-0.15, -0.1) is 0 Å². The van der Waals surface area contributed by atoms with Crippen LogP contribution in [0.3, 0.4) is 0 Å². The Morgan fingerprint density at radius 2 is 2.33 bits per heavy atom. The van der Waals surface area contributed by atoms with Crippen LogP contribution in [0.2, 0.25) is 0 Å². The third-order valence-corrected chi connectivity index (χ3v) is 3.37. The number of hydrogen-bond donors (Lipinski definition) is 2. The number of hydrogen-bond acceptors (Lipinski definition) is 4. The zero-order valence-electron chi connectivity index (χ0n) is 9.32. The number of aliphatic hydroxyl groups excluding tert-OH is 1. The summed E-state index contributed by atoms with van der Waals surface area (Å²) in [6.07, 6.45) is 3.95. The summed E-state index contributed by atoms with van der Waals surface area (Å²) in [7, 11) is 0. The van der Waals surface area contributed by atoms with Gasteiger partial charge in [-0.1, -0.05) is 0 Å². The molecule has 2 heterocycles. The van der Waals surface area contributed by atoms with Crippen molar-refractivity contribution >= 4 is 0 Å². The van der Waals surface area contributed by atoms with E-state index in [2.05, 4.69) is 10.2 Å². The summed E-state index contributed by atoms with van der Waals surface area (Å²) >= 11 is 0. The molecule has 2 saturated heterocycles. The zero-order chi connectivity index (χ0) is 10.5. The average Bonchev–Trinajstić information content (AvgIpc) is 2.64. The Bertz CT molecular complexity index is 183. The van der Waals surface area contributed by atoms with Crippen LogP contribution in [-0.4, -0.2) is 61.5 Å². The van der Waals surface area contributed by atoms with E-state index < -0.39 is 0 Å². The molecule has 0 bridgehead atoms. The Morgan fingerprint density at radius 1 is 1.40 bits per heavy atom. The minimum atomic E-state index is 0.250. The standard InChI is InChI=1S/C11H22N2O2/c14-9-10-7-12-4-2-5-13(10)8-11-3-1-6-15-11/h10-12,14H,1-9H2. The monoisotopic (exact) mass is 214 g/mol. The Balaban J connectivity index is 1.85. The smallest absolute Gasteiger partial charge is 0.0702 e. The maximum absolute atomic E-state index is 9.34. The van der Waals surface area contributed by atoms with Gasteiger partial charge in [0, 0.05) is 25.7 Å². The van der Waals surface area contributed by atoms with Crippen LogP contribution in [0.5, 0.6) is 0 Å². The van der Waals surface area contributed by atoms with Crippen LogP contribution in [0, 0.1) is 0 Å². The summed E-state index contributed by atoms with van der Waals surface area (Å²) in [6, 6.07) is 0.275. The van der Waals surface area contributed by atoms with Gasteiger partial charge in [-0.05, 0) is 32.4 Å². The second kappa shape index (κ2) is 5.80. The van der Waals surface area contributed by atoms with Crippen molar-refractivity contribution in [2.45, 2.75) is 31.4 Å². The predicted molar refractivity (Wildman–Crippen MR) is 58.9 cm³/mol. The lowest BCUT2D eigenvalue weighted by Gasteiger charge is -2.30. The first-order chi connectivity index (χ1) is 7.40. The number of ether oxygens (including phenoxy) is 1. The van der Waals surface area contributed by atoms with Crippen molar-refractivity contribution in [1.29, 1.82) is 0 Å². The highest BCUT2D eigenvalue weighted by atomic mass is 16.5. The van der Waals surface area contributed by atoms with Crippen molar-refractivity contribution in [2.24, 2.45) is 0 Å². The van der Waals surface area contributed by atoms with E-state index in [1.807, 2.05) is 0 Å². The lowest BCUT2D eigenvalue weighted by molar-refractivity contribution is 0.0463. The first-order valence-electron chi connectivity index (χ1n) is 6.07. The molecule has 4 heteroatoms. The normalized spacial score (nSPS) is 34.2. The van der Waals surface area contributed by atoms with Crippen LogP contribution in [0.25, 0.3) is 0 Å². The molecule has 0 spiro atoms. The fourth-order valence-electron chi connectivity index (χ4n) is 2.46. The van der Waals surface area contributed by atoms with Crippen molar-refractivity contribution in [3.8, 4) is 0 Å². The van der Waals surface area contributed by atoms with Crippen LogP contribution in [-0.2, 0) is 4.74 Å². The molecule has 2 aliphatic heterocycles. The summed E-state index contributed by atoms with van der Waals surface area (Å²) in [5.41, 5.74) is 0. The highest BCUT2D eigenvalue weighted by Crippen LogP contribution is 2.15. The van der Waals surface area contributed by atoms with Crippen LogP contribution >= 0.6 is 0 Å². The van der Waals surface area contributed by atoms with Crippen molar-refractivity contribution in [3.05, 3.63) is 0 Å². The van der Waals surface area contributed by atoms with Crippen molar-refractivity contribution in [1.82, 2.24) is 10.2 Å². The van der Waals surface area contributed by atoms with E-state index in [4.69, 9.17) is 4.74 Å². The largest absolute Gasteiger partial charge is 0.395 e. The minimum Gasteiger partial charge on any atom is -0.395 e. The van der Waals surface area contributed by atoms with Crippen LogP contribution in [0.4, 0.5) is 0 Å². The lowest BCUT2D eigenvalue weighted by atomic mass is 10.2. The van der Waals surface area contributed by atoms with Gasteiger partial charge >= 0.3 is 0 Å². The van der Waals surface area contributed by atoms with Gasteiger partial charge in [0.25, 0.3) is 0 Å². The fourth-order valence-corrected chi connectivity index (χ4v) is 2.46. The molecular weight excluding hydrogens is 192 g/mol. The van der Waals surface area contributed by atoms with Gasteiger partial charge in [0.05, 0.1) is 12.7 Å². The zero-order valence-corrected chi connectivity index (χ0v) is 9.32. The number of nitrogens with zero attached hydrogens (tertiary/aromatic N) is 1. The second-order valence-electron chi connectivity index (χ2n) is 4.52. The predicted octanol–water partition coefficient (Wildman–Crippen LogP) is -0.178. The summed E-state index contributed by atoms with van der Waals surface area (Å²) in [6.45, 7) is 5.22. The molecule has 0 saturated carbocycles. The fraction of sp³-hybridized carbons (Fsp3) is 1.00. The second-order valence-corrected chi connectivity index (χ2v) is 4.52. The third-order valence-electron chi connectivity index (χ3n) is 3.37. The summed E-state index contributed by atoms with van der Waals surface area (Å²) in [5.74, 6) is 0. The Kier molecular flexibility index (Phi) is 4.38. The molecular formula is C11H22N2O2. The van der Waals surface area contributed by atoms with E-state index in [0.717, 1.165) is 32.8 Å². The van der Waals surface area contributed by atoms with Crippen molar-refractivity contribution in [2.75, 3.05) is 39.4 Å². The third kappa shape index (κ3) is 3.14. The van der Waals surface area contributed by atoms with Gasteiger partial charge in [-0.3, -0.25) is 4.90 Å². The topological polar surface area (TPSA) is 44.7 Å². The summed E-state index contributed by atoms with van der Waals surface area (Å²) in [5, 5.41) is 12.7. The molecule has 2 fully saturated rings. The molecule has 0 aromatic carbocycles. The molecule has 4 nitrogen and oxygen atoms in total. The Hall–Kier alpha value is -0.160. The highest BCUT2D eigenvalue weighted by molar-refractivity contribution is 4.80. The molecule has 2 rings (SSSR count). The number of aliphatic hydroxyl groups is 1. The van der Waals surface area contributed by atoms with E-state index in [1.165, 1.54) is 19.3 Å². The summed E-state index contributed by atoms with van der Waals surface area (Å²) in [4.78, 5) is 2.38. The van der Waals surface area contributed by atoms with Gasteiger partial charge in [0.1, 0.15) is 0 Å². The van der Waals surface area contributed by atoms with Gasteiger partial charge < -0.3 is 15.2 Å².